The number of piperazine rings is 1. The third-order valence-electron chi connectivity index (χ3n) is 4.89. The summed E-state index contributed by atoms with van der Waals surface area (Å²) in [4.78, 5) is 19.9. The van der Waals surface area contributed by atoms with Crippen molar-refractivity contribution in [2.75, 3.05) is 39.3 Å². The Morgan fingerprint density at radius 3 is 2.59 bits per heavy atom. The van der Waals surface area contributed by atoms with Gasteiger partial charge in [0.1, 0.15) is 0 Å². The van der Waals surface area contributed by atoms with Gasteiger partial charge in [0.15, 0.2) is 0 Å². The molecule has 0 bridgehead atoms. The Bertz CT molecular complexity index is 527. The molecule has 2 fully saturated rings. The van der Waals surface area contributed by atoms with Crippen molar-refractivity contribution in [1.29, 1.82) is 0 Å². The van der Waals surface area contributed by atoms with E-state index in [9.17, 15) is 4.79 Å². The number of hydrogen-bond donors (Lipinski definition) is 0. The van der Waals surface area contributed by atoms with Gasteiger partial charge in [-0.2, -0.15) is 0 Å². The Morgan fingerprint density at radius 2 is 2.00 bits per heavy atom. The third-order valence-corrected chi connectivity index (χ3v) is 6.10. The third kappa shape index (κ3) is 3.65. The Hall–Kier alpha value is -0.620. The van der Waals surface area contributed by atoms with E-state index in [1.54, 1.807) is 18.3 Å². The molecule has 1 amide bonds. The fraction of sp³-hybridized carbons (Fsp3) is 0.688. The van der Waals surface area contributed by atoms with E-state index in [4.69, 9.17) is 11.6 Å². The summed E-state index contributed by atoms with van der Waals surface area (Å²) in [5, 5.41) is 0. The van der Waals surface area contributed by atoms with Crippen LogP contribution in [0.4, 0.5) is 0 Å². The Kier molecular flexibility index (Phi) is 5.07. The molecule has 1 aromatic rings. The van der Waals surface area contributed by atoms with Crippen molar-refractivity contribution < 1.29 is 4.79 Å². The second-order valence-corrected chi connectivity index (χ2v) is 8.29. The number of carbonyl (C=O) groups excluding carboxylic acids is 1. The first-order valence-electron chi connectivity index (χ1n) is 7.99. The Balaban J connectivity index is 1.54. The molecule has 0 N–H and O–H groups in total. The van der Waals surface area contributed by atoms with Crippen LogP contribution in [0.15, 0.2) is 12.1 Å². The highest BCUT2D eigenvalue weighted by atomic mass is 35.5. The van der Waals surface area contributed by atoms with Crippen LogP contribution >= 0.6 is 22.9 Å². The molecule has 0 saturated carbocycles. The highest BCUT2D eigenvalue weighted by Gasteiger charge is 2.35. The summed E-state index contributed by atoms with van der Waals surface area (Å²) in [5.74, 6) is 0.884. The molecule has 2 atom stereocenters. The molecular weight excluding hydrogens is 318 g/mol. The molecule has 0 aliphatic carbocycles. The van der Waals surface area contributed by atoms with Crippen molar-refractivity contribution in [3.05, 3.63) is 21.3 Å². The standard InChI is InChI=1S/C16H24ClN3OS/c1-12-9-18(10-14-3-4-16(17)22-14)11-15(12)20-7-5-19(6-8-20)13(2)21/h3-4,12,15H,5-11H2,1-2H3. The van der Waals surface area contributed by atoms with Gasteiger partial charge in [-0.25, -0.2) is 0 Å². The summed E-state index contributed by atoms with van der Waals surface area (Å²) in [6.45, 7) is 11.1. The van der Waals surface area contributed by atoms with Gasteiger partial charge in [-0.05, 0) is 18.1 Å². The topological polar surface area (TPSA) is 26.8 Å². The van der Waals surface area contributed by atoms with Crippen molar-refractivity contribution in [2.45, 2.75) is 26.4 Å². The maximum Gasteiger partial charge on any atom is 0.219 e. The zero-order valence-corrected chi connectivity index (χ0v) is 14.9. The molecule has 3 rings (SSSR count). The number of thiophene rings is 1. The monoisotopic (exact) mass is 341 g/mol. The summed E-state index contributed by atoms with van der Waals surface area (Å²) in [5.41, 5.74) is 0. The van der Waals surface area contributed by atoms with Gasteiger partial charge < -0.3 is 4.90 Å². The summed E-state index contributed by atoms with van der Waals surface area (Å²) in [6, 6.07) is 4.74. The van der Waals surface area contributed by atoms with E-state index in [2.05, 4.69) is 22.8 Å². The Morgan fingerprint density at radius 1 is 1.27 bits per heavy atom. The molecule has 2 saturated heterocycles. The lowest BCUT2D eigenvalue weighted by atomic mass is 10.0. The molecule has 122 valence electrons. The minimum Gasteiger partial charge on any atom is -0.340 e. The zero-order valence-electron chi connectivity index (χ0n) is 13.3. The lowest BCUT2D eigenvalue weighted by Crippen LogP contribution is -2.53. The molecule has 0 spiro atoms. The molecule has 0 aromatic carbocycles. The predicted molar refractivity (Wildman–Crippen MR) is 91.4 cm³/mol. The van der Waals surface area contributed by atoms with Crippen LogP contribution in [0.5, 0.6) is 0 Å². The minimum absolute atomic E-state index is 0.204. The normalized spacial score (nSPS) is 27.5. The summed E-state index contributed by atoms with van der Waals surface area (Å²) in [6.07, 6.45) is 0. The number of carbonyl (C=O) groups is 1. The fourth-order valence-corrected chi connectivity index (χ4v) is 4.81. The number of hydrogen-bond acceptors (Lipinski definition) is 4. The molecule has 2 aliphatic rings. The molecule has 3 heterocycles. The number of halogens is 1. The fourth-order valence-electron chi connectivity index (χ4n) is 3.68. The van der Waals surface area contributed by atoms with Crippen LogP contribution in [0.25, 0.3) is 0 Å². The first-order chi connectivity index (χ1) is 10.5. The lowest BCUT2D eigenvalue weighted by molar-refractivity contribution is -0.130. The van der Waals surface area contributed by atoms with E-state index in [1.807, 2.05) is 11.0 Å². The lowest BCUT2D eigenvalue weighted by Gasteiger charge is -2.39. The van der Waals surface area contributed by atoms with E-state index in [1.165, 1.54) is 4.88 Å². The molecule has 2 unspecified atom stereocenters. The van der Waals surface area contributed by atoms with Crippen molar-refractivity contribution in [3.8, 4) is 0 Å². The number of likely N-dealkylation sites (tertiary alicyclic amines) is 1. The van der Waals surface area contributed by atoms with Crippen molar-refractivity contribution in [1.82, 2.24) is 14.7 Å². The van der Waals surface area contributed by atoms with Gasteiger partial charge >= 0.3 is 0 Å². The van der Waals surface area contributed by atoms with Gasteiger partial charge in [-0.1, -0.05) is 18.5 Å². The van der Waals surface area contributed by atoms with E-state index in [0.717, 1.165) is 50.1 Å². The molecule has 1 aromatic heterocycles. The first kappa shape index (κ1) is 16.2. The predicted octanol–water partition coefficient (Wildman–Crippen LogP) is 2.39. The van der Waals surface area contributed by atoms with Crippen molar-refractivity contribution in [3.63, 3.8) is 0 Å². The maximum absolute atomic E-state index is 11.4. The minimum atomic E-state index is 0.204. The quantitative estimate of drug-likeness (QED) is 0.844. The van der Waals surface area contributed by atoms with Gasteiger partial charge in [0.05, 0.1) is 4.34 Å². The average molecular weight is 342 g/mol. The number of amides is 1. The maximum atomic E-state index is 11.4. The van der Waals surface area contributed by atoms with Crippen LogP contribution in [0.3, 0.4) is 0 Å². The van der Waals surface area contributed by atoms with E-state index < -0.39 is 0 Å². The van der Waals surface area contributed by atoms with Crippen LogP contribution < -0.4 is 0 Å². The largest absolute Gasteiger partial charge is 0.340 e. The smallest absolute Gasteiger partial charge is 0.219 e. The first-order valence-corrected chi connectivity index (χ1v) is 9.18. The average Bonchev–Trinajstić information content (AvgIpc) is 3.05. The van der Waals surface area contributed by atoms with Gasteiger partial charge in [0.25, 0.3) is 0 Å². The summed E-state index contributed by atoms with van der Waals surface area (Å²) in [7, 11) is 0. The molecule has 2 aliphatic heterocycles. The van der Waals surface area contributed by atoms with Gasteiger partial charge in [-0.3, -0.25) is 14.6 Å². The van der Waals surface area contributed by atoms with E-state index >= 15 is 0 Å². The van der Waals surface area contributed by atoms with Gasteiger partial charge in [0, 0.05) is 63.7 Å². The Labute approximate surface area is 141 Å². The van der Waals surface area contributed by atoms with Crippen LogP contribution in [0, 0.1) is 5.92 Å². The van der Waals surface area contributed by atoms with Crippen molar-refractivity contribution >= 4 is 28.8 Å². The van der Waals surface area contributed by atoms with E-state index in [0.29, 0.717) is 12.0 Å². The molecule has 22 heavy (non-hydrogen) atoms. The van der Waals surface area contributed by atoms with E-state index in [-0.39, 0.29) is 5.91 Å². The van der Waals surface area contributed by atoms with Crippen LogP contribution in [0.1, 0.15) is 18.7 Å². The van der Waals surface area contributed by atoms with Gasteiger partial charge in [0.2, 0.25) is 5.91 Å². The number of nitrogens with zero attached hydrogens (tertiary/aromatic N) is 3. The molecule has 6 heteroatoms. The second-order valence-electron chi connectivity index (χ2n) is 6.49. The highest BCUT2D eigenvalue weighted by molar-refractivity contribution is 7.16. The van der Waals surface area contributed by atoms with Crippen LogP contribution in [-0.2, 0) is 11.3 Å². The number of rotatable bonds is 3. The zero-order chi connectivity index (χ0) is 15.7. The molecule has 4 nitrogen and oxygen atoms in total. The summed E-state index contributed by atoms with van der Waals surface area (Å²) < 4.78 is 0.874. The summed E-state index contributed by atoms with van der Waals surface area (Å²) >= 11 is 7.71. The van der Waals surface area contributed by atoms with Gasteiger partial charge in [-0.15, -0.1) is 11.3 Å². The van der Waals surface area contributed by atoms with Crippen molar-refractivity contribution in [2.24, 2.45) is 5.92 Å². The second kappa shape index (κ2) is 6.87. The van der Waals surface area contributed by atoms with Crippen LogP contribution in [-0.4, -0.2) is 65.9 Å². The SMILES string of the molecule is CC(=O)N1CCN(C2CN(Cc3ccc(Cl)s3)CC2C)CC1. The highest BCUT2D eigenvalue weighted by Crippen LogP contribution is 2.27. The molecule has 0 radical (unpaired) electrons. The van der Waals surface area contributed by atoms with Crippen LogP contribution in [0.2, 0.25) is 4.34 Å². The molecular formula is C16H24ClN3OS.